The van der Waals surface area contributed by atoms with Crippen LogP contribution in [0.3, 0.4) is 0 Å². The maximum absolute atomic E-state index is 13.2. The summed E-state index contributed by atoms with van der Waals surface area (Å²) in [7, 11) is 1.87. The predicted octanol–water partition coefficient (Wildman–Crippen LogP) is 3.40. The molecule has 0 fully saturated rings. The molecule has 0 aliphatic carbocycles. The van der Waals surface area contributed by atoms with Crippen LogP contribution in [0.1, 0.15) is 25.2 Å². The largest absolute Gasteiger partial charge is 0.373 e. The number of anilines is 3. The van der Waals surface area contributed by atoms with Gasteiger partial charge in [0.05, 0.1) is 0 Å². The number of hydrogen-bond donors (Lipinski definition) is 1. The van der Waals surface area contributed by atoms with Gasteiger partial charge < -0.3 is 10.2 Å². The second-order valence-corrected chi connectivity index (χ2v) is 6.01. The van der Waals surface area contributed by atoms with Crippen LogP contribution in [0.2, 0.25) is 0 Å². The van der Waals surface area contributed by atoms with E-state index in [1.807, 2.05) is 14.0 Å². The molecular formula is C16H19FN4. The number of rotatable bonds is 2. The molecule has 0 saturated carbocycles. The van der Waals surface area contributed by atoms with Crippen molar-refractivity contribution < 1.29 is 4.39 Å². The van der Waals surface area contributed by atoms with Crippen molar-refractivity contribution in [3.05, 3.63) is 41.5 Å². The zero-order valence-electron chi connectivity index (χ0n) is 12.7. The van der Waals surface area contributed by atoms with E-state index in [1.54, 1.807) is 12.1 Å². The molecule has 1 N–H and O–H groups in total. The molecule has 2 heterocycles. The molecule has 1 aliphatic heterocycles. The lowest BCUT2D eigenvalue weighted by Gasteiger charge is -2.21. The van der Waals surface area contributed by atoms with Crippen molar-refractivity contribution in [2.75, 3.05) is 23.8 Å². The van der Waals surface area contributed by atoms with E-state index < -0.39 is 0 Å². The highest BCUT2D eigenvalue weighted by Gasteiger charge is 2.40. The summed E-state index contributed by atoms with van der Waals surface area (Å²) in [5.74, 6) is 2.27. The van der Waals surface area contributed by atoms with Gasteiger partial charge in [0.2, 0.25) is 0 Å². The van der Waals surface area contributed by atoms with E-state index in [1.165, 1.54) is 12.1 Å². The van der Waals surface area contributed by atoms with Crippen LogP contribution in [-0.2, 0) is 5.41 Å². The molecule has 0 saturated heterocycles. The van der Waals surface area contributed by atoms with E-state index in [-0.39, 0.29) is 11.2 Å². The van der Waals surface area contributed by atoms with Gasteiger partial charge in [0.25, 0.3) is 0 Å². The number of fused-ring (bicyclic) bond motifs is 1. The number of benzene rings is 1. The molecule has 0 spiro atoms. The molecule has 1 aromatic carbocycles. The van der Waals surface area contributed by atoms with Crippen molar-refractivity contribution in [3.63, 3.8) is 0 Å². The van der Waals surface area contributed by atoms with Crippen molar-refractivity contribution in [2.24, 2.45) is 0 Å². The fourth-order valence-electron chi connectivity index (χ4n) is 2.94. The standard InChI is InChI=1S/C16H19FN4/c1-10-19-14(18-4)13-15(20-10)21(9-16(13,2)3)12-7-5-11(17)6-8-12/h5-8H,9H2,1-4H3,(H,18,19,20). The van der Waals surface area contributed by atoms with Crippen LogP contribution < -0.4 is 10.2 Å². The van der Waals surface area contributed by atoms with Crippen LogP contribution in [0.4, 0.5) is 21.7 Å². The van der Waals surface area contributed by atoms with E-state index in [0.29, 0.717) is 0 Å². The number of nitrogens with zero attached hydrogens (tertiary/aromatic N) is 3. The Hall–Kier alpha value is -2.17. The Bertz CT molecular complexity index is 679. The summed E-state index contributed by atoms with van der Waals surface area (Å²) in [6, 6.07) is 6.54. The summed E-state index contributed by atoms with van der Waals surface area (Å²) in [5, 5.41) is 3.17. The van der Waals surface area contributed by atoms with Crippen molar-refractivity contribution in [2.45, 2.75) is 26.2 Å². The van der Waals surface area contributed by atoms with Crippen LogP contribution in [0.5, 0.6) is 0 Å². The van der Waals surface area contributed by atoms with Crippen molar-refractivity contribution in [1.29, 1.82) is 0 Å². The highest BCUT2D eigenvalue weighted by Crippen LogP contribution is 2.45. The molecule has 1 aromatic heterocycles. The van der Waals surface area contributed by atoms with E-state index in [0.717, 1.165) is 35.3 Å². The summed E-state index contributed by atoms with van der Waals surface area (Å²) >= 11 is 0. The smallest absolute Gasteiger partial charge is 0.142 e. The fourth-order valence-corrected chi connectivity index (χ4v) is 2.94. The minimum atomic E-state index is -0.229. The van der Waals surface area contributed by atoms with Crippen molar-refractivity contribution in [1.82, 2.24) is 9.97 Å². The number of nitrogens with one attached hydrogen (secondary N) is 1. The van der Waals surface area contributed by atoms with E-state index in [2.05, 4.69) is 34.0 Å². The Balaban J connectivity index is 2.17. The summed E-state index contributed by atoms with van der Waals surface area (Å²) < 4.78 is 13.2. The molecule has 4 nitrogen and oxygen atoms in total. The third-order valence-corrected chi connectivity index (χ3v) is 3.86. The topological polar surface area (TPSA) is 41.1 Å². The van der Waals surface area contributed by atoms with E-state index in [4.69, 9.17) is 0 Å². The first-order chi connectivity index (χ1) is 9.92. The van der Waals surface area contributed by atoms with Gasteiger partial charge in [-0.15, -0.1) is 0 Å². The molecule has 0 radical (unpaired) electrons. The fraction of sp³-hybridized carbons (Fsp3) is 0.375. The quantitative estimate of drug-likeness (QED) is 0.918. The third kappa shape index (κ3) is 2.22. The van der Waals surface area contributed by atoms with Gasteiger partial charge in [-0.05, 0) is 31.2 Å². The van der Waals surface area contributed by atoms with Crippen LogP contribution >= 0.6 is 0 Å². The monoisotopic (exact) mass is 286 g/mol. The van der Waals surface area contributed by atoms with Gasteiger partial charge >= 0.3 is 0 Å². The summed E-state index contributed by atoms with van der Waals surface area (Å²) in [6.07, 6.45) is 0. The SMILES string of the molecule is CNc1nc(C)nc2c1C(C)(C)CN2c1ccc(F)cc1. The first-order valence-corrected chi connectivity index (χ1v) is 7.02. The highest BCUT2D eigenvalue weighted by molar-refractivity contribution is 5.74. The number of aromatic nitrogens is 2. The van der Waals surface area contributed by atoms with Crippen molar-refractivity contribution in [3.8, 4) is 0 Å². The van der Waals surface area contributed by atoms with Gasteiger partial charge in [0.1, 0.15) is 23.3 Å². The van der Waals surface area contributed by atoms with Crippen LogP contribution in [0, 0.1) is 12.7 Å². The zero-order valence-corrected chi connectivity index (χ0v) is 12.7. The predicted molar refractivity (Wildman–Crippen MR) is 82.7 cm³/mol. The average Bonchev–Trinajstić information content (AvgIpc) is 2.70. The normalized spacial score (nSPS) is 16.0. The van der Waals surface area contributed by atoms with Gasteiger partial charge in [-0.3, -0.25) is 0 Å². The highest BCUT2D eigenvalue weighted by atomic mass is 19.1. The molecule has 110 valence electrons. The maximum Gasteiger partial charge on any atom is 0.142 e. The Labute approximate surface area is 124 Å². The number of halogens is 1. The Morgan fingerprint density at radius 1 is 1.19 bits per heavy atom. The minimum Gasteiger partial charge on any atom is -0.373 e. The minimum absolute atomic E-state index is 0.0736. The summed E-state index contributed by atoms with van der Waals surface area (Å²) in [4.78, 5) is 11.2. The number of aryl methyl sites for hydroxylation is 1. The second kappa shape index (κ2) is 4.69. The molecule has 3 rings (SSSR count). The average molecular weight is 286 g/mol. The third-order valence-electron chi connectivity index (χ3n) is 3.86. The zero-order chi connectivity index (χ0) is 15.2. The first-order valence-electron chi connectivity index (χ1n) is 7.02. The molecule has 0 bridgehead atoms. The van der Waals surface area contributed by atoms with Gasteiger partial charge in [-0.2, -0.15) is 0 Å². The first kappa shape index (κ1) is 13.8. The molecular weight excluding hydrogens is 267 g/mol. The molecule has 2 aromatic rings. The maximum atomic E-state index is 13.2. The summed E-state index contributed by atoms with van der Waals surface area (Å²) in [5.41, 5.74) is 1.98. The van der Waals surface area contributed by atoms with Crippen molar-refractivity contribution >= 4 is 17.3 Å². The second-order valence-electron chi connectivity index (χ2n) is 6.01. The van der Waals surface area contributed by atoms with Gasteiger partial charge in [0, 0.05) is 30.3 Å². The Morgan fingerprint density at radius 3 is 2.48 bits per heavy atom. The van der Waals surface area contributed by atoms with Crippen LogP contribution in [-0.4, -0.2) is 23.6 Å². The lowest BCUT2D eigenvalue weighted by molar-refractivity contribution is 0.568. The molecule has 0 unspecified atom stereocenters. The van der Waals surface area contributed by atoms with Crippen LogP contribution in [0.15, 0.2) is 24.3 Å². The molecule has 0 atom stereocenters. The number of hydrogen-bond acceptors (Lipinski definition) is 4. The van der Waals surface area contributed by atoms with Gasteiger partial charge in [0.15, 0.2) is 0 Å². The van der Waals surface area contributed by atoms with E-state index >= 15 is 0 Å². The van der Waals surface area contributed by atoms with E-state index in [9.17, 15) is 4.39 Å². The molecule has 0 amide bonds. The lowest BCUT2D eigenvalue weighted by Crippen LogP contribution is -2.25. The van der Waals surface area contributed by atoms with Gasteiger partial charge in [-0.1, -0.05) is 13.8 Å². The summed E-state index contributed by atoms with van der Waals surface area (Å²) in [6.45, 7) is 7.03. The Kier molecular flexibility index (Phi) is 3.08. The lowest BCUT2D eigenvalue weighted by atomic mass is 9.88. The Morgan fingerprint density at radius 2 is 1.86 bits per heavy atom. The molecule has 5 heteroatoms. The molecule has 21 heavy (non-hydrogen) atoms. The molecule has 1 aliphatic rings. The van der Waals surface area contributed by atoms with Gasteiger partial charge in [-0.25, -0.2) is 14.4 Å². The van der Waals surface area contributed by atoms with Crippen LogP contribution in [0.25, 0.3) is 0 Å².